The second kappa shape index (κ2) is 18.7. The Hall–Kier alpha value is -7.11. The maximum Gasteiger partial charge on any atom is 0.137 e. The highest BCUT2D eigenvalue weighted by atomic mass is 16.5. The first-order chi connectivity index (χ1) is 35.0. The largest absolute Gasteiger partial charge is 0.457 e. The van der Waals surface area contributed by atoms with Gasteiger partial charge in [-0.3, -0.25) is 4.57 Å². The summed E-state index contributed by atoms with van der Waals surface area (Å²) in [5.41, 5.74) is 18.0. The van der Waals surface area contributed by atoms with Crippen molar-refractivity contribution in [2.45, 2.75) is 137 Å². The number of benzene rings is 7. The van der Waals surface area contributed by atoms with Crippen molar-refractivity contribution in [3.05, 3.63) is 203 Å². The van der Waals surface area contributed by atoms with Gasteiger partial charge in [-0.05, 0) is 145 Å². The van der Waals surface area contributed by atoms with E-state index in [0.29, 0.717) is 18.5 Å². The molecule has 2 aromatic heterocycles. The third-order valence-corrected chi connectivity index (χ3v) is 15.6. The smallest absolute Gasteiger partial charge is 0.137 e. The van der Waals surface area contributed by atoms with Crippen LogP contribution in [0.3, 0.4) is 0 Å². The van der Waals surface area contributed by atoms with E-state index in [1.807, 2.05) is 6.20 Å². The molecule has 0 aliphatic carbocycles. The highest BCUT2D eigenvalue weighted by Crippen LogP contribution is 2.50. The summed E-state index contributed by atoms with van der Waals surface area (Å²) in [5, 5.41) is 2.35. The Morgan fingerprint density at radius 3 is 1.70 bits per heavy atom. The minimum Gasteiger partial charge on any atom is -0.457 e. The van der Waals surface area contributed by atoms with Crippen molar-refractivity contribution in [3.8, 4) is 28.4 Å². The summed E-state index contributed by atoms with van der Waals surface area (Å²) in [6.07, 6.45) is 1.94. The molecule has 10 rings (SSSR count). The molecule has 7 aromatic carbocycles. The van der Waals surface area contributed by atoms with Crippen molar-refractivity contribution in [1.82, 2.24) is 9.55 Å². The van der Waals surface area contributed by atoms with Crippen molar-refractivity contribution in [2.75, 3.05) is 16.5 Å². The van der Waals surface area contributed by atoms with Crippen molar-refractivity contribution in [3.63, 3.8) is 0 Å². The van der Waals surface area contributed by atoms with Crippen LogP contribution in [-0.4, -0.2) is 16.2 Å². The van der Waals surface area contributed by atoms with Crippen LogP contribution >= 0.6 is 0 Å². The lowest BCUT2D eigenvalue weighted by Gasteiger charge is -2.32. The molecule has 9 aromatic rings. The van der Waals surface area contributed by atoms with Crippen LogP contribution in [0.15, 0.2) is 164 Å². The minimum atomic E-state index is -0.227. The Bertz CT molecular complexity index is 3530. The van der Waals surface area contributed by atoms with Gasteiger partial charge in [0.1, 0.15) is 24.0 Å². The first-order valence-electron chi connectivity index (χ1n) is 26.8. The summed E-state index contributed by atoms with van der Waals surface area (Å²) >= 11 is 0. The van der Waals surface area contributed by atoms with Crippen molar-refractivity contribution in [1.29, 1.82) is 0 Å². The molecule has 0 unspecified atom stereocenters. The number of ether oxygens (including phenoxy) is 1. The van der Waals surface area contributed by atoms with E-state index in [4.69, 9.17) is 9.72 Å². The number of hydrogen-bond acceptors (Lipinski definition) is 4. The molecule has 0 bridgehead atoms. The first-order valence-corrected chi connectivity index (χ1v) is 26.8. The third-order valence-electron chi connectivity index (χ3n) is 15.6. The predicted molar refractivity (Wildman–Crippen MR) is 315 cm³/mol. The lowest BCUT2D eigenvalue weighted by Crippen LogP contribution is -2.26. The van der Waals surface area contributed by atoms with Gasteiger partial charge in [0.15, 0.2) is 0 Å². The van der Waals surface area contributed by atoms with E-state index in [1.165, 1.54) is 72.5 Å². The molecule has 3 heterocycles. The quantitative estimate of drug-likeness (QED) is 0.137. The molecule has 0 amide bonds. The number of aromatic nitrogens is 2. The highest BCUT2D eigenvalue weighted by Gasteiger charge is 2.34. The van der Waals surface area contributed by atoms with Crippen LogP contribution in [0.5, 0.6) is 11.5 Å². The normalized spacial score (nSPS) is 13.5. The summed E-state index contributed by atoms with van der Waals surface area (Å²) < 4.78 is 9.43. The fraction of sp³-hybridized carbons (Fsp3) is 0.319. The third kappa shape index (κ3) is 9.40. The van der Waals surface area contributed by atoms with Gasteiger partial charge in [-0.15, -0.1) is 0 Å². The van der Waals surface area contributed by atoms with E-state index in [0.717, 1.165) is 39.4 Å². The lowest BCUT2D eigenvalue weighted by atomic mass is 9.75. The van der Waals surface area contributed by atoms with Crippen LogP contribution in [0.25, 0.3) is 38.8 Å². The summed E-state index contributed by atoms with van der Waals surface area (Å²) in [6.45, 7) is 35.3. The van der Waals surface area contributed by atoms with Crippen LogP contribution in [0.1, 0.15) is 155 Å². The fourth-order valence-corrected chi connectivity index (χ4v) is 11.0. The van der Waals surface area contributed by atoms with E-state index in [2.05, 4.69) is 276 Å². The first kappa shape index (κ1) is 50.4. The van der Waals surface area contributed by atoms with Gasteiger partial charge in [0.2, 0.25) is 0 Å². The average molecular weight is 977 g/mol. The monoisotopic (exact) mass is 977 g/mol. The summed E-state index contributed by atoms with van der Waals surface area (Å²) in [7, 11) is 0. The maximum atomic E-state index is 7.14. The molecule has 0 saturated carbocycles. The molecule has 0 saturated heterocycles. The molecule has 378 valence electrons. The zero-order valence-corrected chi connectivity index (χ0v) is 46.6. The molecule has 0 radical (unpaired) electrons. The van der Waals surface area contributed by atoms with Crippen LogP contribution in [0.4, 0.5) is 22.7 Å². The Morgan fingerprint density at radius 1 is 0.446 bits per heavy atom. The minimum absolute atomic E-state index is 0.0246. The molecule has 0 spiro atoms. The lowest BCUT2D eigenvalue weighted by molar-refractivity contribution is 0.479. The van der Waals surface area contributed by atoms with Gasteiger partial charge in [0.25, 0.3) is 0 Å². The molecule has 0 N–H and O–H groups in total. The number of pyridine rings is 1. The van der Waals surface area contributed by atoms with Gasteiger partial charge < -0.3 is 14.5 Å². The van der Waals surface area contributed by atoms with E-state index >= 15 is 0 Å². The van der Waals surface area contributed by atoms with E-state index < -0.39 is 0 Å². The summed E-state index contributed by atoms with van der Waals surface area (Å²) in [6, 6.07) is 58.8. The second-order valence-corrected chi connectivity index (χ2v) is 25.1. The zero-order chi connectivity index (χ0) is 52.6. The Labute approximate surface area is 441 Å². The number of anilines is 4. The van der Waals surface area contributed by atoms with Crippen LogP contribution in [0, 0.1) is 0 Å². The molecule has 0 atom stereocenters. The highest BCUT2D eigenvalue weighted by molar-refractivity contribution is 6.09. The van der Waals surface area contributed by atoms with Gasteiger partial charge >= 0.3 is 0 Å². The molecule has 1 aliphatic rings. The Kier molecular flexibility index (Phi) is 12.7. The van der Waals surface area contributed by atoms with E-state index in [9.17, 15) is 0 Å². The fourth-order valence-electron chi connectivity index (χ4n) is 11.0. The van der Waals surface area contributed by atoms with Crippen LogP contribution in [-0.2, 0) is 21.7 Å². The number of nitrogens with zero attached hydrogens (tertiary/aromatic N) is 4. The Morgan fingerprint density at radius 2 is 1.04 bits per heavy atom. The second-order valence-electron chi connectivity index (χ2n) is 25.1. The standard InChI is InChI=1S/C69H76N4O/c1-44(2)56-25-21-26-57(45(3)4)65(56)46-28-31-61-63(34-46)72(43-71(61)52-36-49(67(8,9)10)35-51(38-52)69(14,15)47-22-17-16-18-23-47)53-37-50(68(11,12)13)39-55(41-53)74-54-29-30-59-58-24-19-20-27-60(58)73(62(59)42-54)64-40-48(32-33-70-64)66(5,6)7/h16-42,44-45H,43H2,1-15H3. The van der Waals surface area contributed by atoms with Crippen molar-refractivity contribution >= 4 is 44.6 Å². The summed E-state index contributed by atoms with van der Waals surface area (Å²) in [5.74, 6) is 3.20. The SMILES string of the molecule is CC(C)c1cccc(C(C)C)c1-c1ccc2c(c1)N(c1cc(Oc3ccc4c5ccccc5n(-c5cc(C(C)(C)C)ccn5)c4c3)cc(C(C)(C)C)c1)CN2c1cc(C(C)(C)C)cc(C(C)(C)c2ccccc2)c1. The maximum absolute atomic E-state index is 7.14. The number of rotatable bonds is 10. The van der Waals surface area contributed by atoms with Crippen molar-refractivity contribution < 1.29 is 4.74 Å². The molecular weight excluding hydrogens is 901 g/mol. The van der Waals surface area contributed by atoms with Gasteiger partial charge in [0, 0.05) is 45.9 Å². The average Bonchev–Trinajstić information content (AvgIpc) is 3.92. The Balaban J connectivity index is 1.14. The molecule has 5 nitrogen and oxygen atoms in total. The predicted octanol–water partition coefficient (Wildman–Crippen LogP) is 19.4. The molecule has 74 heavy (non-hydrogen) atoms. The van der Waals surface area contributed by atoms with Crippen LogP contribution in [0.2, 0.25) is 0 Å². The van der Waals surface area contributed by atoms with E-state index in [1.54, 1.807) is 0 Å². The van der Waals surface area contributed by atoms with Crippen molar-refractivity contribution in [2.24, 2.45) is 0 Å². The molecular formula is C69H76N4O. The summed E-state index contributed by atoms with van der Waals surface area (Å²) in [4.78, 5) is 10.0. The molecule has 5 heteroatoms. The molecule has 0 fully saturated rings. The zero-order valence-electron chi connectivity index (χ0n) is 46.6. The number of hydrogen-bond donors (Lipinski definition) is 0. The van der Waals surface area contributed by atoms with Gasteiger partial charge in [-0.2, -0.15) is 0 Å². The van der Waals surface area contributed by atoms with Crippen LogP contribution < -0.4 is 14.5 Å². The number of fused-ring (bicyclic) bond motifs is 4. The number of para-hydroxylation sites is 1. The molecule has 1 aliphatic heterocycles. The van der Waals surface area contributed by atoms with Gasteiger partial charge in [-0.1, -0.05) is 183 Å². The van der Waals surface area contributed by atoms with E-state index in [-0.39, 0.29) is 21.7 Å². The van der Waals surface area contributed by atoms with Gasteiger partial charge in [0.05, 0.1) is 22.4 Å². The topological polar surface area (TPSA) is 33.5 Å². The van der Waals surface area contributed by atoms with Gasteiger partial charge in [-0.25, -0.2) is 4.98 Å².